The minimum Gasteiger partial charge on any atom is -0.320 e. The van der Waals surface area contributed by atoms with Gasteiger partial charge in [-0.25, -0.2) is 4.79 Å². The fraction of sp³-hybridized carbons (Fsp3) is 0.267. The highest BCUT2D eigenvalue weighted by molar-refractivity contribution is 7.12. The molecule has 0 saturated carbocycles. The highest BCUT2D eigenvalue weighted by Gasteiger charge is 2.19. The molecular weight excluding hydrogens is 270 g/mol. The Morgan fingerprint density at radius 2 is 2.00 bits per heavy atom. The molecule has 0 amide bonds. The Hall–Kier alpha value is -1.85. The fourth-order valence-corrected chi connectivity index (χ4v) is 4.20. The molecule has 5 heteroatoms. The van der Waals surface area contributed by atoms with E-state index in [0.717, 1.165) is 16.6 Å². The zero-order chi connectivity index (χ0) is 13.7. The molecule has 0 fully saturated rings. The summed E-state index contributed by atoms with van der Waals surface area (Å²) < 4.78 is 0. The maximum Gasteiger partial charge on any atom is 0.323 e. The average Bonchev–Trinajstić information content (AvgIpc) is 3.08. The summed E-state index contributed by atoms with van der Waals surface area (Å²) >= 11 is 1.83. The van der Waals surface area contributed by atoms with Crippen LogP contribution in [0.25, 0.3) is 11.0 Å². The lowest BCUT2D eigenvalue weighted by atomic mass is 10.0. The van der Waals surface area contributed by atoms with E-state index in [9.17, 15) is 4.79 Å². The van der Waals surface area contributed by atoms with Gasteiger partial charge < -0.3 is 15.7 Å². The molecule has 4 rings (SSSR count). The summed E-state index contributed by atoms with van der Waals surface area (Å²) in [7, 11) is 0. The zero-order valence-corrected chi connectivity index (χ0v) is 11.7. The van der Waals surface area contributed by atoms with Crippen LogP contribution in [0.5, 0.6) is 0 Å². The smallest absolute Gasteiger partial charge is 0.320 e. The van der Waals surface area contributed by atoms with Crippen molar-refractivity contribution in [3.8, 4) is 0 Å². The van der Waals surface area contributed by atoms with Crippen LogP contribution in [0.2, 0.25) is 0 Å². The van der Waals surface area contributed by atoms with Gasteiger partial charge in [-0.2, -0.15) is 0 Å². The van der Waals surface area contributed by atoms with Crippen LogP contribution in [-0.2, 0) is 12.8 Å². The quantitative estimate of drug-likeness (QED) is 0.676. The van der Waals surface area contributed by atoms with Crippen LogP contribution in [0.4, 0.5) is 0 Å². The van der Waals surface area contributed by atoms with Crippen molar-refractivity contribution in [3.05, 3.63) is 55.6 Å². The van der Waals surface area contributed by atoms with E-state index in [1.807, 2.05) is 29.5 Å². The first-order valence-electron chi connectivity index (χ1n) is 6.80. The highest BCUT2D eigenvalue weighted by Crippen LogP contribution is 2.35. The van der Waals surface area contributed by atoms with Crippen molar-refractivity contribution in [1.82, 2.24) is 9.97 Å². The molecule has 4 N–H and O–H groups in total. The minimum atomic E-state index is -0.180. The monoisotopic (exact) mass is 285 g/mol. The van der Waals surface area contributed by atoms with E-state index in [1.54, 1.807) is 0 Å². The van der Waals surface area contributed by atoms with E-state index in [-0.39, 0.29) is 11.7 Å². The predicted molar refractivity (Wildman–Crippen MR) is 81.3 cm³/mol. The summed E-state index contributed by atoms with van der Waals surface area (Å²) in [6, 6.07) is 7.99. The maximum absolute atomic E-state index is 11.3. The summed E-state index contributed by atoms with van der Waals surface area (Å²) in [5.41, 5.74) is 10.3. The standard InChI is InChI=1S/C15H15N3OS/c16-14(13-7-8-2-1-3-12(8)20-13)9-4-5-10-11(6-9)18-15(19)17-10/h4-7,14H,1-3,16H2,(H2,17,18,19). The molecule has 0 radical (unpaired) electrons. The molecule has 2 aromatic heterocycles. The molecule has 102 valence electrons. The minimum absolute atomic E-state index is 0.117. The Morgan fingerprint density at radius 1 is 1.15 bits per heavy atom. The third-order valence-electron chi connectivity index (χ3n) is 3.97. The molecule has 0 saturated heterocycles. The van der Waals surface area contributed by atoms with Crippen molar-refractivity contribution in [3.63, 3.8) is 0 Å². The van der Waals surface area contributed by atoms with Crippen LogP contribution in [0.3, 0.4) is 0 Å². The number of hydrogen-bond donors (Lipinski definition) is 3. The predicted octanol–water partition coefficient (Wildman–Crippen LogP) is 2.45. The van der Waals surface area contributed by atoms with E-state index in [4.69, 9.17) is 5.73 Å². The van der Waals surface area contributed by atoms with Gasteiger partial charge in [-0.15, -0.1) is 11.3 Å². The number of H-pyrrole nitrogens is 2. The largest absolute Gasteiger partial charge is 0.323 e. The Labute approximate surface area is 119 Å². The van der Waals surface area contributed by atoms with Crippen molar-refractivity contribution in [2.24, 2.45) is 5.73 Å². The number of thiophene rings is 1. The number of nitrogens with two attached hydrogens (primary N) is 1. The van der Waals surface area contributed by atoms with Crippen LogP contribution in [0.1, 0.15) is 33.3 Å². The van der Waals surface area contributed by atoms with Gasteiger partial charge >= 0.3 is 5.69 Å². The van der Waals surface area contributed by atoms with E-state index in [1.165, 1.54) is 34.6 Å². The molecule has 1 atom stereocenters. The number of nitrogens with one attached hydrogen (secondary N) is 2. The molecular formula is C15H15N3OS. The van der Waals surface area contributed by atoms with Crippen molar-refractivity contribution < 1.29 is 0 Å². The topological polar surface area (TPSA) is 74.7 Å². The summed E-state index contributed by atoms with van der Waals surface area (Å²) in [5.74, 6) is 0. The molecule has 0 bridgehead atoms. The summed E-state index contributed by atoms with van der Waals surface area (Å²) in [6.07, 6.45) is 3.65. The van der Waals surface area contributed by atoms with Gasteiger partial charge in [0.25, 0.3) is 0 Å². The number of rotatable bonds is 2. The van der Waals surface area contributed by atoms with Gasteiger partial charge in [-0.3, -0.25) is 0 Å². The number of fused-ring (bicyclic) bond motifs is 2. The second-order valence-electron chi connectivity index (χ2n) is 5.31. The van der Waals surface area contributed by atoms with E-state index < -0.39 is 0 Å². The van der Waals surface area contributed by atoms with Crippen LogP contribution in [0.15, 0.2) is 29.1 Å². The molecule has 20 heavy (non-hydrogen) atoms. The van der Waals surface area contributed by atoms with Crippen molar-refractivity contribution in [2.75, 3.05) is 0 Å². The van der Waals surface area contributed by atoms with Gasteiger partial charge in [0.15, 0.2) is 0 Å². The number of imidazole rings is 1. The molecule has 3 aromatic rings. The number of benzene rings is 1. The van der Waals surface area contributed by atoms with Gasteiger partial charge in [-0.1, -0.05) is 6.07 Å². The molecule has 1 unspecified atom stereocenters. The Morgan fingerprint density at radius 3 is 2.85 bits per heavy atom. The highest BCUT2D eigenvalue weighted by atomic mass is 32.1. The van der Waals surface area contributed by atoms with Crippen molar-refractivity contribution >= 4 is 22.4 Å². The lowest BCUT2D eigenvalue weighted by Gasteiger charge is -2.10. The first-order valence-corrected chi connectivity index (χ1v) is 7.61. The molecule has 0 aliphatic heterocycles. The molecule has 2 heterocycles. The third kappa shape index (κ3) is 1.82. The van der Waals surface area contributed by atoms with Gasteiger partial charge in [0.05, 0.1) is 17.1 Å². The average molecular weight is 285 g/mol. The summed E-state index contributed by atoms with van der Waals surface area (Å²) in [5, 5.41) is 0. The molecule has 0 spiro atoms. The Bertz CT molecular complexity index is 821. The van der Waals surface area contributed by atoms with Crippen molar-refractivity contribution in [2.45, 2.75) is 25.3 Å². The van der Waals surface area contributed by atoms with Gasteiger partial charge in [0.1, 0.15) is 0 Å². The molecule has 1 aromatic carbocycles. The lowest BCUT2D eigenvalue weighted by Crippen LogP contribution is -2.10. The van der Waals surface area contributed by atoms with Crippen LogP contribution < -0.4 is 11.4 Å². The summed E-state index contributed by atoms with van der Waals surface area (Å²) in [6.45, 7) is 0. The van der Waals surface area contributed by atoms with E-state index >= 15 is 0 Å². The van der Waals surface area contributed by atoms with Gasteiger partial charge in [0.2, 0.25) is 0 Å². The second-order valence-corrected chi connectivity index (χ2v) is 6.48. The molecule has 1 aliphatic rings. The number of hydrogen-bond acceptors (Lipinski definition) is 3. The van der Waals surface area contributed by atoms with Crippen LogP contribution >= 0.6 is 11.3 Å². The SMILES string of the molecule is NC(c1ccc2[nH]c(=O)[nH]c2c1)c1cc2c(s1)CCC2. The zero-order valence-electron chi connectivity index (χ0n) is 10.9. The first-order chi connectivity index (χ1) is 9.70. The van der Waals surface area contributed by atoms with E-state index in [2.05, 4.69) is 16.0 Å². The van der Waals surface area contributed by atoms with Crippen molar-refractivity contribution in [1.29, 1.82) is 0 Å². The lowest BCUT2D eigenvalue weighted by molar-refractivity contribution is 0.883. The fourth-order valence-electron chi connectivity index (χ4n) is 2.91. The molecule has 4 nitrogen and oxygen atoms in total. The van der Waals surface area contributed by atoms with Gasteiger partial charge in [0, 0.05) is 9.75 Å². The van der Waals surface area contributed by atoms with Crippen LogP contribution in [0, 0.1) is 0 Å². The second kappa shape index (κ2) is 4.33. The number of aromatic amines is 2. The third-order valence-corrected chi connectivity index (χ3v) is 5.29. The first kappa shape index (κ1) is 11.9. The van der Waals surface area contributed by atoms with E-state index in [0.29, 0.717) is 0 Å². The Kier molecular flexibility index (Phi) is 2.58. The summed E-state index contributed by atoms with van der Waals surface area (Å²) in [4.78, 5) is 19.5. The number of aryl methyl sites for hydroxylation is 2. The maximum atomic E-state index is 11.3. The molecule has 1 aliphatic carbocycles. The van der Waals surface area contributed by atoms with Crippen LogP contribution in [-0.4, -0.2) is 9.97 Å². The normalized spacial score (nSPS) is 15.7. The van der Waals surface area contributed by atoms with Gasteiger partial charge in [-0.05, 0) is 48.6 Å². The number of aromatic nitrogens is 2. The Balaban J connectivity index is 1.74.